The SMILES string of the molecule is CCN1C[C@@H](CN(C)Cc2nc(-c3ccsc3)oc2C)CC1=O. The third-order valence-corrected chi connectivity index (χ3v) is 5.01. The Hall–Kier alpha value is -1.66. The second-order valence-electron chi connectivity index (χ2n) is 6.23. The van der Waals surface area contributed by atoms with E-state index in [-0.39, 0.29) is 5.91 Å². The van der Waals surface area contributed by atoms with E-state index in [2.05, 4.69) is 16.9 Å². The number of rotatable bonds is 6. The molecule has 3 heterocycles. The van der Waals surface area contributed by atoms with Crippen LogP contribution in [0.15, 0.2) is 21.2 Å². The molecule has 6 heteroatoms. The Morgan fingerprint density at radius 1 is 1.52 bits per heavy atom. The number of hydrogen-bond donors (Lipinski definition) is 0. The molecule has 23 heavy (non-hydrogen) atoms. The summed E-state index contributed by atoms with van der Waals surface area (Å²) >= 11 is 1.64. The Labute approximate surface area is 140 Å². The maximum atomic E-state index is 11.8. The molecule has 1 amide bonds. The number of amides is 1. The first-order chi connectivity index (χ1) is 11.1. The fraction of sp³-hybridized carbons (Fsp3) is 0.529. The van der Waals surface area contributed by atoms with E-state index >= 15 is 0 Å². The number of aryl methyl sites for hydroxylation is 1. The molecule has 1 atom stereocenters. The molecule has 1 aliphatic heterocycles. The van der Waals surface area contributed by atoms with Gasteiger partial charge in [0.15, 0.2) is 0 Å². The van der Waals surface area contributed by atoms with Gasteiger partial charge in [0.25, 0.3) is 0 Å². The highest BCUT2D eigenvalue weighted by Gasteiger charge is 2.29. The van der Waals surface area contributed by atoms with Crippen LogP contribution in [0.1, 0.15) is 24.8 Å². The number of aromatic nitrogens is 1. The highest BCUT2D eigenvalue weighted by atomic mass is 32.1. The molecule has 0 aromatic carbocycles. The minimum atomic E-state index is 0.281. The maximum Gasteiger partial charge on any atom is 0.227 e. The van der Waals surface area contributed by atoms with Gasteiger partial charge in [0, 0.05) is 43.5 Å². The lowest BCUT2D eigenvalue weighted by Gasteiger charge is -2.20. The summed E-state index contributed by atoms with van der Waals surface area (Å²) in [5, 5.41) is 4.07. The van der Waals surface area contributed by atoms with Crippen LogP contribution < -0.4 is 0 Å². The molecule has 1 saturated heterocycles. The summed E-state index contributed by atoms with van der Waals surface area (Å²) in [6, 6.07) is 2.02. The number of carbonyl (C=O) groups is 1. The zero-order chi connectivity index (χ0) is 16.4. The van der Waals surface area contributed by atoms with Crippen LogP contribution in [0.3, 0.4) is 0 Å². The van der Waals surface area contributed by atoms with Crippen molar-refractivity contribution in [2.24, 2.45) is 5.92 Å². The summed E-state index contributed by atoms with van der Waals surface area (Å²) < 4.78 is 5.79. The van der Waals surface area contributed by atoms with Gasteiger partial charge in [-0.05, 0) is 38.3 Å². The average molecular weight is 333 g/mol. The van der Waals surface area contributed by atoms with Gasteiger partial charge in [0.05, 0.1) is 5.69 Å². The van der Waals surface area contributed by atoms with Crippen LogP contribution in [0, 0.1) is 12.8 Å². The molecule has 5 nitrogen and oxygen atoms in total. The van der Waals surface area contributed by atoms with Crippen LogP contribution in [-0.4, -0.2) is 47.4 Å². The molecule has 0 aliphatic carbocycles. The standard InChI is InChI=1S/C17H23N3O2S/c1-4-20-9-13(7-16(20)21)8-19(3)10-15-12(2)22-17(18-15)14-5-6-23-11-14/h5-6,11,13H,4,7-10H2,1-3H3/t13-/m1/s1. The van der Waals surface area contributed by atoms with E-state index in [4.69, 9.17) is 4.42 Å². The van der Waals surface area contributed by atoms with Gasteiger partial charge in [0.2, 0.25) is 11.8 Å². The van der Waals surface area contributed by atoms with Crippen molar-refractivity contribution in [2.45, 2.75) is 26.8 Å². The summed E-state index contributed by atoms with van der Waals surface area (Å²) in [4.78, 5) is 20.6. The predicted octanol–water partition coefficient (Wildman–Crippen LogP) is 3.01. The third kappa shape index (κ3) is 3.64. The fourth-order valence-corrected chi connectivity index (χ4v) is 3.76. The monoisotopic (exact) mass is 333 g/mol. The summed E-state index contributed by atoms with van der Waals surface area (Å²) in [7, 11) is 2.08. The second-order valence-corrected chi connectivity index (χ2v) is 7.01. The first-order valence-corrected chi connectivity index (χ1v) is 8.96. The van der Waals surface area contributed by atoms with E-state index in [1.807, 2.05) is 35.6 Å². The van der Waals surface area contributed by atoms with Crippen molar-refractivity contribution in [3.05, 3.63) is 28.3 Å². The minimum absolute atomic E-state index is 0.281. The average Bonchev–Trinajstić information content (AvgIpc) is 3.21. The van der Waals surface area contributed by atoms with E-state index in [1.54, 1.807) is 11.3 Å². The smallest absolute Gasteiger partial charge is 0.227 e. The number of likely N-dealkylation sites (tertiary alicyclic amines) is 1. The normalized spacial score (nSPS) is 18.3. The largest absolute Gasteiger partial charge is 0.441 e. The lowest BCUT2D eigenvalue weighted by Crippen LogP contribution is -2.28. The molecule has 2 aromatic heterocycles. The molecule has 1 aliphatic rings. The van der Waals surface area contributed by atoms with Crippen LogP contribution >= 0.6 is 11.3 Å². The molecule has 0 N–H and O–H groups in total. The summed E-state index contributed by atoms with van der Waals surface area (Å²) in [5.41, 5.74) is 2.01. The molecule has 0 saturated carbocycles. The number of hydrogen-bond acceptors (Lipinski definition) is 5. The van der Waals surface area contributed by atoms with Gasteiger partial charge in [-0.3, -0.25) is 4.79 Å². The molecular formula is C17H23N3O2S. The van der Waals surface area contributed by atoms with E-state index < -0.39 is 0 Å². The van der Waals surface area contributed by atoms with E-state index in [1.165, 1.54) is 0 Å². The van der Waals surface area contributed by atoms with Crippen molar-refractivity contribution in [3.8, 4) is 11.5 Å². The van der Waals surface area contributed by atoms with Gasteiger partial charge >= 0.3 is 0 Å². The number of thiophene rings is 1. The molecule has 124 valence electrons. The Balaban J connectivity index is 1.60. The van der Waals surface area contributed by atoms with Crippen molar-refractivity contribution < 1.29 is 9.21 Å². The number of oxazole rings is 1. The summed E-state index contributed by atoms with van der Waals surface area (Å²) in [6.07, 6.45) is 0.663. The van der Waals surface area contributed by atoms with Crippen molar-refractivity contribution in [1.29, 1.82) is 0 Å². The highest BCUT2D eigenvalue weighted by Crippen LogP contribution is 2.25. The van der Waals surface area contributed by atoms with Gasteiger partial charge in [-0.1, -0.05) is 0 Å². The molecular weight excluding hydrogens is 310 g/mol. The maximum absolute atomic E-state index is 11.8. The molecule has 1 fully saturated rings. The van der Waals surface area contributed by atoms with Gasteiger partial charge in [0.1, 0.15) is 5.76 Å². The minimum Gasteiger partial charge on any atom is -0.441 e. The van der Waals surface area contributed by atoms with Gasteiger partial charge in [-0.15, -0.1) is 0 Å². The zero-order valence-corrected chi connectivity index (χ0v) is 14.7. The molecule has 0 spiro atoms. The Morgan fingerprint density at radius 3 is 3.00 bits per heavy atom. The zero-order valence-electron chi connectivity index (χ0n) is 13.9. The lowest BCUT2D eigenvalue weighted by molar-refractivity contribution is -0.127. The Bertz CT molecular complexity index is 665. The van der Waals surface area contributed by atoms with Crippen molar-refractivity contribution in [3.63, 3.8) is 0 Å². The molecule has 3 rings (SSSR count). The highest BCUT2D eigenvalue weighted by molar-refractivity contribution is 7.08. The van der Waals surface area contributed by atoms with Crippen LogP contribution in [-0.2, 0) is 11.3 Å². The van der Waals surface area contributed by atoms with Crippen LogP contribution in [0.4, 0.5) is 0 Å². The predicted molar refractivity (Wildman–Crippen MR) is 91.2 cm³/mol. The van der Waals surface area contributed by atoms with Gasteiger partial charge in [-0.2, -0.15) is 11.3 Å². The van der Waals surface area contributed by atoms with Crippen molar-refractivity contribution in [1.82, 2.24) is 14.8 Å². The van der Waals surface area contributed by atoms with E-state index in [0.29, 0.717) is 18.2 Å². The van der Waals surface area contributed by atoms with Gasteiger partial charge < -0.3 is 14.2 Å². The number of carbonyl (C=O) groups excluding carboxylic acids is 1. The van der Waals surface area contributed by atoms with Crippen molar-refractivity contribution in [2.75, 3.05) is 26.7 Å². The fourth-order valence-electron chi connectivity index (χ4n) is 3.13. The summed E-state index contributed by atoms with van der Waals surface area (Å²) in [6.45, 7) is 7.33. The van der Waals surface area contributed by atoms with Crippen LogP contribution in [0.25, 0.3) is 11.5 Å². The molecule has 0 radical (unpaired) electrons. The number of nitrogens with zero attached hydrogens (tertiary/aromatic N) is 3. The first-order valence-electron chi connectivity index (χ1n) is 8.02. The Morgan fingerprint density at radius 2 is 2.35 bits per heavy atom. The van der Waals surface area contributed by atoms with Crippen LogP contribution in [0.5, 0.6) is 0 Å². The van der Waals surface area contributed by atoms with E-state index in [0.717, 1.165) is 43.2 Å². The third-order valence-electron chi connectivity index (χ3n) is 4.33. The second kappa shape index (κ2) is 6.84. The van der Waals surface area contributed by atoms with Gasteiger partial charge in [-0.25, -0.2) is 4.98 Å². The quantitative estimate of drug-likeness (QED) is 0.815. The van der Waals surface area contributed by atoms with E-state index in [9.17, 15) is 4.79 Å². The molecule has 2 aromatic rings. The lowest BCUT2D eigenvalue weighted by atomic mass is 10.1. The molecule has 0 unspecified atom stereocenters. The summed E-state index contributed by atoms with van der Waals surface area (Å²) in [5.74, 6) is 2.26. The van der Waals surface area contributed by atoms with Crippen LogP contribution in [0.2, 0.25) is 0 Å². The first kappa shape index (κ1) is 16.2. The van der Waals surface area contributed by atoms with Crippen molar-refractivity contribution >= 4 is 17.2 Å². The molecule has 0 bridgehead atoms. The topological polar surface area (TPSA) is 49.6 Å². The Kier molecular flexibility index (Phi) is 4.82.